The van der Waals surface area contributed by atoms with Crippen LogP contribution in [0.2, 0.25) is 0 Å². The maximum Gasteiger partial charge on any atom is 0.335 e. The average molecular weight is 336 g/mol. The number of para-hydroxylation sites is 1. The molecule has 0 radical (unpaired) electrons. The number of hydrogen-bond donors (Lipinski definition) is 1. The molecule has 3 aliphatic heterocycles. The van der Waals surface area contributed by atoms with Gasteiger partial charge in [0.1, 0.15) is 0 Å². The van der Waals surface area contributed by atoms with Gasteiger partial charge >= 0.3 is 5.97 Å². The van der Waals surface area contributed by atoms with Crippen LogP contribution in [0.25, 0.3) is 0 Å². The average Bonchev–Trinajstić information content (AvgIpc) is 3.21. The van der Waals surface area contributed by atoms with E-state index in [4.69, 9.17) is 4.74 Å². The van der Waals surface area contributed by atoms with Crippen molar-refractivity contribution in [2.24, 2.45) is 5.41 Å². The predicted octanol–water partition coefficient (Wildman–Crippen LogP) is 3.22. The molecule has 0 aromatic heterocycles. The van der Waals surface area contributed by atoms with E-state index in [1.54, 1.807) is 0 Å². The number of hydrogen-bond acceptors (Lipinski definition) is 4. The van der Waals surface area contributed by atoms with Crippen molar-refractivity contribution in [1.29, 1.82) is 0 Å². The molecule has 1 spiro atoms. The van der Waals surface area contributed by atoms with Crippen LogP contribution in [0, 0.1) is 5.41 Å². The van der Waals surface area contributed by atoms with Crippen LogP contribution in [0.1, 0.15) is 31.7 Å². The molecule has 0 saturated carbocycles. The fourth-order valence-corrected chi connectivity index (χ4v) is 6.02. The number of esters is 1. The van der Waals surface area contributed by atoms with Gasteiger partial charge in [-0.2, -0.15) is 0 Å². The van der Waals surface area contributed by atoms with E-state index in [9.17, 15) is 4.79 Å². The molecule has 130 valence electrons. The lowest BCUT2D eigenvalue weighted by molar-refractivity contribution is -0.137. The van der Waals surface area contributed by atoms with E-state index in [2.05, 4.69) is 53.6 Å². The van der Waals surface area contributed by atoms with Crippen LogP contribution in [0.4, 0.5) is 5.69 Å². The van der Waals surface area contributed by atoms with Crippen molar-refractivity contribution in [3.05, 3.63) is 53.3 Å². The van der Waals surface area contributed by atoms with Gasteiger partial charge in [-0.05, 0) is 30.9 Å². The molecule has 1 unspecified atom stereocenters. The number of nitrogens with one attached hydrogen (secondary N) is 1. The van der Waals surface area contributed by atoms with E-state index < -0.39 is 0 Å². The largest absolute Gasteiger partial charge is 0.466 e. The van der Waals surface area contributed by atoms with Crippen molar-refractivity contribution in [2.75, 3.05) is 25.5 Å². The Morgan fingerprint density at radius 2 is 2.24 bits per heavy atom. The zero-order chi connectivity index (χ0) is 17.2. The van der Waals surface area contributed by atoms with Crippen molar-refractivity contribution in [1.82, 2.24) is 4.90 Å². The molecule has 1 aromatic rings. The normalized spacial score (nSPS) is 35.0. The number of anilines is 1. The molecule has 25 heavy (non-hydrogen) atoms. The zero-order valence-corrected chi connectivity index (χ0v) is 14.8. The SMILES string of the molecule is CCC12C=CCN3CC[C@]4(C(=C(C(=O)OC)C1)Nc1ccccc14)[C@@H]32. The van der Waals surface area contributed by atoms with Crippen molar-refractivity contribution < 1.29 is 9.53 Å². The maximum absolute atomic E-state index is 12.7. The van der Waals surface area contributed by atoms with Crippen molar-refractivity contribution in [3.63, 3.8) is 0 Å². The third-order valence-corrected chi connectivity index (χ3v) is 6.97. The van der Waals surface area contributed by atoms with E-state index in [-0.39, 0.29) is 16.8 Å². The van der Waals surface area contributed by atoms with Crippen molar-refractivity contribution in [3.8, 4) is 0 Å². The lowest BCUT2D eigenvalue weighted by Gasteiger charge is -2.53. The third kappa shape index (κ3) is 1.68. The first-order chi connectivity index (χ1) is 12.2. The lowest BCUT2D eigenvalue weighted by atomic mass is 9.55. The van der Waals surface area contributed by atoms with Crippen LogP contribution in [0.15, 0.2) is 47.7 Å². The van der Waals surface area contributed by atoms with E-state index in [1.165, 1.54) is 12.7 Å². The summed E-state index contributed by atoms with van der Waals surface area (Å²) in [5, 5.41) is 3.62. The molecule has 5 rings (SSSR count). The second-order valence-electron chi connectivity index (χ2n) is 7.80. The molecule has 3 atom stereocenters. The summed E-state index contributed by atoms with van der Waals surface area (Å²) in [6.07, 6.45) is 7.53. The summed E-state index contributed by atoms with van der Waals surface area (Å²) in [6.45, 7) is 4.34. The summed E-state index contributed by atoms with van der Waals surface area (Å²) in [7, 11) is 1.49. The fraction of sp³-hybridized carbons (Fsp3) is 0.476. The van der Waals surface area contributed by atoms with Gasteiger partial charge in [0.25, 0.3) is 0 Å². The Hall–Kier alpha value is -2.07. The molecule has 0 amide bonds. The van der Waals surface area contributed by atoms with Gasteiger partial charge in [0.2, 0.25) is 0 Å². The second kappa shape index (κ2) is 4.98. The molecule has 1 aliphatic carbocycles. The molecular formula is C21H24N2O2. The number of nitrogens with zero attached hydrogens (tertiary/aromatic N) is 1. The summed E-state index contributed by atoms with van der Waals surface area (Å²) in [5.41, 5.74) is 4.34. The Balaban J connectivity index is 1.83. The number of carbonyl (C=O) groups excluding carboxylic acids is 1. The van der Waals surface area contributed by atoms with Crippen molar-refractivity contribution in [2.45, 2.75) is 37.6 Å². The molecule has 1 saturated heterocycles. The topological polar surface area (TPSA) is 41.6 Å². The number of rotatable bonds is 2. The minimum absolute atomic E-state index is 0.000898. The first-order valence-corrected chi connectivity index (χ1v) is 9.26. The molecule has 4 nitrogen and oxygen atoms in total. The molecule has 0 bridgehead atoms. The van der Waals surface area contributed by atoms with Gasteiger partial charge in [0.05, 0.1) is 18.1 Å². The summed E-state index contributed by atoms with van der Waals surface area (Å²) in [5.74, 6) is -0.182. The van der Waals surface area contributed by atoms with Crippen LogP contribution < -0.4 is 5.32 Å². The van der Waals surface area contributed by atoms with Crippen LogP contribution >= 0.6 is 0 Å². The van der Waals surface area contributed by atoms with E-state index in [0.29, 0.717) is 6.04 Å². The van der Waals surface area contributed by atoms with Crippen LogP contribution in [-0.2, 0) is 14.9 Å². The Morgan fingerprint density at radius 3 is 3.04 bits per heavy atom. The third-order valence-electron chi connectivity index (χ3n) is 6.97. The lowest BCUT2D eigenvalue weighted by Crippen LogP contribution is -2.58. The van der Waals surface area contributed by atoms with Crippen LogP contribution in [0.5, 0.6) is 0 Å². The summed E-state index contributed by atoms with van der Waals surface area (Å²) < 4.78 is 5.19. The molecule has 4 aliphatic rings. The number of methoxy groups -OCH3 is 1. The van der Waals surface area contributed by atoms with Crippen LogP contribution in [-0.4, -0.2) is 37.1 Å². The maximum atomic E-state index is 12.7. The highest BCUT2D eigenvalue weighted by Crippen LogP contribution is 2.64. The van der Waals surface area contributed by atoms with E-state index >= 15 is 0 Å². The minimum Gasteiger partial charge on any atom is -0.466 e. The van der Waals surface area contributed by atoms with E-state index in [1.807, 2.05) is 0 Å². The zero-order valence-electron chi connectivity index (χ0n) is 14.8. The monoisotopic (exact) mass is 336 g/mol. The molecule has 4 heteroatoms. The van der Waals surface area contributed by atoms with Gasteiger partial charge in [0.15, 0.2) is 0 Å². The first-order valence-electron chi connectivity index (χ1n) is 9.26. The molecule has 1 N–H and O–H groups in total. The highest BCUT2D eigenvalue weighted by molar-refractivity contribution is 5.93. The molecule has 3 heterocycles. The molecular weight excluding hydrogens is 312 g/mol. The van der Waals surface area contributed by atoms with Gasteiger partial charge in [-0.15, -0.1) is 0 Å². The number of ether oxygens (including phenoxy) is 1. The quantitative estimate of drug-likeness (QED) is 0.665. The van der Waals surface area contributed by atoms with Crippen LogP contribution in [0.3, 0.4) is 0 Å². The predicted molar refractivity (Wildman–Crippen MR) is 97.2 cm³/mol. The number of carbonyl (C=O) groups is 1. The van der Waals surface area contributed by atoms with Gasteiger partial charge in [-0.3, -0.25) is 4.90 Å². The Labute approximate surface area is 148 Å². The number of fused-ring (bicyclic) bond motifs is 1. The smallest absolute Gasteiger partial charge is 0.335 e. The highest BCUT2D eigenvalue weighted by atomic mass is 16.5. The summed E-state index contributed by atoms with van der Waals surface area (Å²) in [6, 6.07) is 8.99. The van der Waals surface area contributed by atoms with Gasteiger partial charge in [0, 0.05) is 35.9 Å². The van der Waals surface area contributed by atoms with Gasteiger partial charge in [-0.25, -0.2) is 4.79 Å². The van der Waals surface area contributed by atoms with Crippen molar-refractivity contribution >= 4 is 11.7 Å². The summed E-state index contributed by atoms with van der Waals surface area (Å²) in [4.78, 5) is 15.3. The second-order valence-corrected chi connectivity index (χ2v) is 7.80. The van der Waals surface area contributed by atoms with Gasteiger partial charge in [-0.1, -0.05) is 37.3 Å². The Bertz CT molecular complexity index is 827. The van der Waals surface area contributed by atoms with E-state index in [0.717, 1.165) is 49.3 Å². The summed E-state index contributed by atoms with van der Waals surface area (Å²) >= 11 is 0. The number of benzene rings is 1. The standard InChI is InChI=1S/C21H24N2O2/c1-3-20-9-6-11-23-12-10-21(19(20)23)15-7-4-5-8-16(15)22-17(21)14(13-20)18(24)25-2/h4-9,19,22H,3,10-13H2,1-2H3/t19-,20?,21-/m0/s1. The Kier molecular flexibility index (Phi) is 3.03. The molecule has 1 fully saturated rings. The Morgan fingerprint density at radius 1 is 1.40 bits per heavy atom. The first kappa shape index (κ1) is 15.2. The highest BCUT2D eigenvalue weighted by Gasteiger charge is 2.65. The minimum atomic E-state index is -0.182. The fourth-order valence-electron chi connectivity index (χ4n) is 6.02. The van der Waals surface area contributed by atoms with Gasteiger partial charge < -0.3 is 10.1 Å². The molecule has 1 aromatic carbocycles.